The summed E-state index contributed by atoms with van der Waals surface area (Å²) in [6, 6.07) is 11.8. The lowest BCUT2D eigenvalue weighted by molar-refractivity contribution is 0.252. The smallest absolute Gasteiger partial charge is 0.321 e. The molecule has 0 aliphatic carbocycles. The molecule has 1 saturated heterocycles. The van der Waals surface area contributed by atoms with Gasteiger partial charge in [0.1, 0.15) is 0 Å². The average molecular weight is 345 g/mol. The molecular weight excluding hydrogens is 326 g/mol. The van der Waals surface area contributed by atoms with E-state index in [9.17, 15) is 13.2 Å². The Bertz CT molecular complexity index is 876. The van der Waals surface area contributed by atoms with E-state index in [0.717, 1.165) is 11.3 Å². The zero-order valence-electron chi connectivity index (χ0n) is 13.5. The molecule has 24 heavy (non-hydrogen) atoms. The van der Waals surface area contributed by atoms with Gasteiger partial charge in [0.25, 0.3) is 10.0 Å². The number of nitrogens with zero attached hydrogens (tertiary/aromatic N) is 1. The van der Waals surface area contributed by atoms with Crippen LogP contribution in [0.15, 0.2) is 47.4 Å². The maximum absolute atomic E-state index is 12.5. The molecule has 0 spiro atoms. The van der Waals surface area contributed by atoms with Crippen molar-refractivity contribution in [1.82, 2.24) is 5.32 Å². The molecule has 0 unspecified atom stereocenters. The lowest BCUT2D eigenvalue weighted by atomic mass is 10.2. The van der Waals surface area contributed by atoms with Crippen LogP contribution in [-0.4, -0.2) is 27.5 Å². The summed E-state index contributed by atoms with van der Waals surface area (Å²) in [5.41, 5.74) is 2.91. The predicted octanol–water partition coefficient (Wildman–Crippen LogP) is 2.63. The van der Waals surface area contributed by atoms with E-state index >= 15 is 0 Å². The van der Waals surface area contributed by atoms with Crippen molar-refractivity contribution in [3.63, 3.8) is 0 Å². The van der Waals surface area contributed by atoms with E-state index in [1.54, 1.807) is 48.2 Å². The minimum Gasteiger partial charge on any atom is -0.336 e. The fourth-order valence-electron chi connectivity index (χ4n) is 2.74. The molecule has 6 nitrogen and oxygen atoms in total. The fraction of sp³-hybridized carbons (Fsp3) is 0.235. The summed E-state index contributed by atoms with van der Waals surface area (Å²) in [4.78, 5) is 13.5. The van der Waals surface area contributed by atoms with Crippen LogP contribution < -0.4 is 14.9 Å². The number of hydrogen-bond acceptors (Lipinski definition) is 3. The molecule has 1 heterocycles. The lowest BCUT2D eigenvalue weighted by Gasteiger charge is -2.15. The molecule has 2 aromatic rings. The van der Waals surface area contributed by atoms with Crippen molar-refractivity contribution in [3.8, 4) is 0 Å². The number of aryl methyl sites for hydroxylation is 2. The number of carbonyl (C=O) groups excluding carboxylic acids is 1. The maximum Gasteiger partial charge on any atom is 0.321 e. The molecule has 2 N–H and O–H groups in total. The molecule has 0 saturated carbocycles. The Morgan fingerprint density at radius 2 is 1.79 bits per heavy atom. The van der Waals surface area contributed by atoms with E-state index in [4.69, 9.17) is 0 Å². The highest BCUT2D eigenvalue weighted by atomic mass is 32.2. The molecule has 0 atom stereocenters. The molecule has 0 bridgehead atoms. The number of urea groups is 1. The van der Waals surface area contributed by atoms with Crippen molar-refractivity contribution >= 4 is 27.4 Å². The van der Waals surface area contributed by atoms with Crippen LogP contribution in [0.1, 0.15) is 11.1 Å². The summed E-state index contributed by atoms with van der Waals surface area (Å²) < 4.78 is 27.7. The highest BCUT2D eigenvalue weighted by Gasteiger charge is 2.21. The van der Waals surface area contributed by atoms with Gasteiger partial charge in [-0.05, 0) is 49.7 Å². The predicted molar refractivity (Wildman–Crippen MR) is 93.9 cm³/mol. The van der Waals surface area contributed by atoms with Crippen molar-refractivity contribution < 1.29 is 13.2 Å². The first kappa shape index (κ1) is 16.3. The van der Waals surface area contributed by atoms with E-state index in [0.29, 0.717) is 24.3 Å². The van der Waals surface area contributed by atoms with E-state index < -0.39 is 10.0 Å². The van der Waals surface area contributed by atoms with Gasteiger partial charge >= 0.3 is 6.03 Å². The molecule has 7 heteroatoms. The zero-order chi connectivity index (χ0) is 17.3. The second kappa shape index (κ2) is 6.16. The lowest BCUT2D eigenvalue weighted by Crippen LogP contribution is -2.27. The summed E-state index contributed by atoms with van der Waals surface area (Å²) in [6.07, 6.45) is 0. The van der Waals surface area contributed by atoms with Gasteiger partial charge in [-0.15, -0.1) is 0 Å². The van der Waals surface area contributed by atoms with Crippen molar-refractivity contribution in [3.05, 3.63) is 53.6 Å². The molecular formula is C17H19N3O3S. The van der Waals surface area contributed by atoms with Crippen LogP contribution in [0, 0.1) is 13.8 Å². The van der Waals surface area contributed by atoms with Gasteiger partial charge in [0.15, 0.2) is 0 Å². The first-order valence-electron chi connectivity index (χ1n) is 7.62. The van der Waals surface area contributed by atoms with Gasteiger partial charge in [-0.3, -0.25) is 9.62 Å². The van der Waals surface area contributed by atoms with Gasteiger partial charge in [-0.1, -0.05) is 17.7 Å². The SMILES string of the molecule is Cc1ccc(S(=O)(=O)Nc2ccc(N3CCNC3=O)cc2)c(C)c1. The Balaban J connectivity index is 1.81. The van der Waals surface area contributed by atoms with Gasteiger partial charge in [-0.2, -0.15) is 0 Å². The van der Waals surface area contributed by atoms with Gasteiger partial charge in [0.2, 0.25) is 0 Å². The molecule has 0 aromatic heterocycles. The van der Waals surface area contributed by atoms with Crippen LogP contribution in [0.25, 0.3) is 0 Å². The van der Waals surface area contributed by atoms with Crippen molar-refractivity contribution in [1.29, 1.82) is 0 Å². The maximum atomic E-state index is 12.5. The number of hydrogen-bond donors (Lipinski definition) is 2. The van der Waals surface area contributed by atoms with E-state index in [-0.39, 0.29) is 10.9 Å². The molecule has 1 aliphatic rings. The highest BCUT2D eigenvalue weighted by Crippen LogP contribution is 2.23. The third-order valence-electron chi connectivity index (χ3n) is 3.91. The van der Waals surface area contributed by atoms with Crippen LogP contribution in [0.5, 0.6) is 0 Å². The fourth-order valence-corrected chi connectivity index (χ4v) is 4.02. The molecule has 2 amide bonds. The van der Waals surface area contributed by atoms with Crippen molar-refractivity contribution in [2.24, 2.45) is 0 Å². The first-order valence-corrected chi connectivity index (χ1v) is 9.11. The zero-order valence-corrected chi connectivity index (χ0v) is 14.4. The Hall–Kier alpha value is -2.54. The molecule has 3 rings (SSSR count). The summed E-state index contributed by atoms with van der Waals surface area (Å²) in [7, 11) is -3.65. The number of rotatable bonds is 4. The number of anilines is 2. The summed E-state index contributed by atoms with van der Waals surface area (Å²) in [6.45, 7) is 4.91. The quantitative estimate of drug-likeness (QED) is 0.894. The normalized spacial score (nSPS) is 14.6. The third kappa shape index (κ3) is 3.21. The van der Waals surface area contributed by atoms with Crippen LogP contribution in [-0.2, 0) is 10.0 Å². The van der Waals surface area contributed by atoms with Crippen LogP contribution in [0.4, 0.5) is 16.2 Å². The van der Waals surface area contributed by atoms with E-state index in [1.165, 1.54) is 0 Å². The molecule has 1 fully saturated rings. The molecule has 1 aliphatic heterocycles. The summed E-state index contributed by atoms with van der Waals surface area (Å²) in [5.74, 6) is 0. The minimum atomic E-state index is -3.65. The average Bonchev–Trinajstić information content (AvgIpc) is 2.93. The summed E-state index contributed by atoms with van der Waals surface area (Å²) in [5, 5.41) is 2.73. The number of sulfonamides is 1. The third-order valence-corrected chi connectivity index (χ3v) is 5.45. The largest absolute Gasteiger partial charge is 0.336 e. The Labute approximate surface area is 141 Å². The Kier molecular flexibility index (Phi) is 4.19. The molecule has 0 radical (unpaired) electrons. The van der Waals surface area contributed by atoms with Crippen molar-refractivity contribution in [2.45, 2.75) is 18.7 Å². The topological polar surface area (TPSA) is 78.5 Å². The number of carbonyl (C=O) groups is 1. The van der Waals surface area contributed by atoms with Crippen LogP contribution in [0.2, 0.25) is 0 Å². The highest BCUT2D eigenvalue weighted by molar-refractivity contribution is 7.92. The molecule has 2 aromatic carbocycles. The number of amides is 2. The number of nitrogens with one attached hydrogen (secondary N) is 2. The van der Waals surface area contributed by atoms with Crippen LogP contribution >= 0.6 is 0 Å². The van der Waals surface area contributed by atoms with E-state index in [1.807, 2.05) is 13.0 Å². The van der Waals surface area contributed by atoms with Gasteiger partial charge in [0, 0.05) is 24.5 Å². The molecule has 126 valence electrons. The second-order valence-corrected chi connectivity index (χ2v) is 7.46. The first-order chi connectivity index (χ1) is 11.4. The standard InChI is InChI=1S/C17H19N3O3S/c1-12-3-8-16(13(2)11-12)24(22,23)19-14-4-6-15(7-5-14)20-10-9-18-17(20)21/h3-8,11,19H,9-10H2,1-2H3,(H,18,21). The van der Waals surface area contributed by atoms with Crippen molar-refractivity contribution in [2.75, 3.05) is 22.7 Å². The minimum absolute atomic E-state index is 0.140. The van der Waals surface area contributed by atoms with Gasteiger partial charge in [-0.25, -0.2) is 13.2 Å². The Morgan fingerprint density at radius 1 is 1.08 bits per heavy atom. The van der Waals surface area contributed by atoms with Gasteiger partial charge in [0.05, 0.1) is 4.90 Å². The van der Waals surface area contributed by atoms with Gasteiger partial charge < -0.3 is 5.32 Å². The summed E-state index contributed by atoms with van der Waals surface area (Å²) >= 11 is 0. The Morgan fingerprint density at radius 3 is 2.38 bits per heavy atom. The van der Waals surface area contributed by atoms with Crippen LogP contribution in [0.3, 0.4) is 0 Å². The van der Waals surface area contributed by atoms with E-state index in [2.05, 4.69) is 10.0 Å². The monoisotopic (exact) mass is 345 g/mol. The number of benzene rings is 2. The second-order valence-electron chi connectivity index (χ2n) is 5.80.